The molecule has 2 N–H and O–H groups in total. The van der Waals surface area contributed by atoms with Crippen molar-refractivity contribution < 1.29 is 4.74 Å². The Morgan fingerprint density at radius 2 is 2.20 bits per heavy atom. The second-order valence-corrected chi connectivity index (χ2v) is 3.08. The minimum Gasteiger partial charge on any atom is -0.353 e. The molecule has 0 aliphatic carbocycles. The molecule has 0 aromatic carbocycles. The predicted molar refractivity (Wildman–Crippen MR) is 40.8 cm³/mol. The van der Waals surface area contributed by atoms with Crippen LogP contribution in [0.3, 0.4) is 0 Å². The molecule has 4 heteroatoms. The number of ether oxygens (including phenoxy) is 1. The van der Waals surface area contributed by atoms with Gasteiger partial charge in [-0.15, -0.1) is 11.6 Å². The fourth-order valence-electron chi connectivity index (χ4n) is 1.05. The van der Waals surface area contributed by atoms with Crippen molar-refractivity contribution in [3.63, 3.8) is 0 Å². The molecule has 0 amide bonds. The van der Waals surface area contributed by atoms with Crippen LogP contribution in [-0.4, -0.2) is 25.0 Å². The number of rotatable bonds is 1. The Morgan fingerprint density at radius 1 is 1.50 bits per heavy atom. The minimum absolute atomic E-state index is 0.0289. The van der Waals surface area contributed by atoms with Crippen molar-refractivity contribution >= 4 is 11.6 Å². The summed E-state index contributed by atoms with van der Waals surface area (Å²) >= 11 is 5.85. The van der Waals surface area contributed by atoms with Gasteiger partial charge >= 0.3 is 0 Å². The zero-order chi connectivity index (χ0) is 7.56. The zero-order valence-electron chi connectivity index (χ0n) is 6.23. The van der Waals surface area contributed by atoms with Crippen LogP contribution in [0.25, 0.3) is 0 Å². The molecule has 10 heavy (non-hydrogen) atoms. The van der Waals surface area contributed by atoms with Crippen molar-refractivity contribution in [2.75, 3.05) is 7.11 Å². The molecule has 3 unspecified atom stereocenters. The molecule has 1 saturated heterocycles. The van der Waals surface area contributed by atoms with Crippen LogP contribution in [0.2, 0.25) is 0 Å². The van der Waals surface area contributed by atoms with Gasteiger partial charge in [0.1, 0.15) is 0 Å². The maximum Gasteiger partial charge on any atom is 0.164 e. The average molecular weight is 165 g/mol. The van der Waals surface area contributed by atoms with Crippen LogP contribution in [-0.2, 0) is 4.74 Å². The Morgan fingerprint density at radius 3 is 2.70 bits per heavy atom. The SMILES string of the molecule is COC1NC(C)CC(Cl)N1. The van der Waals surface area contributed by atoms with Gasteiger partial charge in [-0.05, 0) is 13.3 Å². The number of halogens is 1. The van der Waals surface area contributed by atoms with Crippen molar-refractivity contribution in [1.29, 1.82) is 0 Å². The maximum absolute atomic E-state index is 5.85. The van der Waals surface area contributed by atoms with E-state index in [1.165, 1.54) is 0 Å². The summed E-state index contributed by atoms with van der Waals surface area (Å²) in [6.07, 6.45) is 0.841. The lowest BCUT2D eigenvalue weighted by Crippen LogP contribution is -2.56. The number of alkyl halides is 1. The first-order valence-corrected chi connectivity index (χ1v) is 3.85. The predicted octanol–water partition coefficient (Wildman–Crippen LogP) is 0.453. The Labute approximate surface area is 66.1 Å². The lowest BCUT2D eigenvalue weighted by Gasteiger charge is -2.31. The number of nitrogens with one attached hydrogen (secondary N) is 2. The molecular weight excluding hydrogens is 152 g/mol. The molecule has 0 bridgehead atoms. The summed E-state index contributed by atoms with van der Waals surface area (Å²) in [6, 6.07) is 0.425. The van der Waals surface area contributed by atoms with Gasteiger partial charge in [-0.1, -0.05) is 0 Å². The normalized spacial score (nSPS) is 41.7. The van der Waals surface area contributed by atoms with Gasteiger partial charge in [0.05, 0.1) is 5.50 Å². The van der Waals surface area contributed by atoms with Crippen LogP contribution < -0.4 is 10.6 Å². The second kappa shape index (κ2) is 3.53. The summed E-state index contributed by atoms with van der Waals surface area (Å²) in [5.41, 5.74) is 0.0289. The van der Waals surface area contributed by atoms with Gasteiger partial charge < -0.3 is 4.74 Å². The molecule has 1 rings (SSSR count). The standard InChI is InChI=1S/C6H13ClN2O/c1-4-3-5(7)9-6(8-4)10-2/h4-6,8-9H,3H2,1-2H3. The smallest absolute Gasteiger partial charge is 0.164 e. The van der Waals surface area contributed by atoms with Gasteiger partial charge in [0, 0.05) is 13.2 Å². The van der Waals surface area contributed by atoms with Crippen molar-refractivity contribution in [2.24, 2.45) is 0 Å². The van der Waals surface area contributed by atoms with E-state index in [2.05, 4.69) is 17.6 Å². The highest BCUT2D eigenvalue weighted by molar-refractivity contribution is 6.20. The summed E-state index contributed by atoms with van der Waals surface area (Å²) in [5.74, 6) is 0. The maximum atomic E-state index is 5.85. The molecule has 0 aromatic rings. The zero-order valence-corrected chi connectivity index (χ0v) is 6.98. The quantitative estimate of drug-likeness (QED) is 0.436. The van der Waals surface area contributed by atoms with E-state index in [9.17, 15) is 0 Å². The van der Waals surface area contributed by atoms with Gasteiger partial charge in [-0.25, -0.2) is 0 Å². The van der Waals surface area contributed by atoms with E-state index in [0.29, 0.717) is 6.04 Å². The summed E-state index contributed by atoms with van der Waals surface area (Å²) in [5, 5.41) is 6.21. The lowest BCUT2D eigenvalue weighted by atomic mass is 10.2. The highest BCUT2D eigenvalue weighted by Gasteiger charge is 2.22. The molecular formula is C6H13ClN2O. The van der Waals surface area contributed by atoms with Crippen molar-refractivity contribution in [1.82, 2.24) is 10.6 Å². The second-order valence-electron chi connectivity index (χ2n) is 2.55. The average Bonchev–Trinajstić information content (AvgIpc) is 1.85. The summed E-state index contributed by atoms with van der Waals surface area (Å²) in [6.45, 7) is 2.09. The highest BCUT2D eigenvalue weighted by Crippen LogP contribution is 2.08. The number of hydrogen-bond donors (Lipinski definition) is 2. The third kappa shape index (κ3) is 2.09. The van der Waals surface area contributed by atoms with E-state index >= 15 is 0 Å². The third-order valence-electron chi connectivity index (χ3n) is 1.56. The molecule has 60 valence electrons. The number of hydrogen-bond acceptors (Lipinski definition) is 3. The van der Waals surface area contributed by atoms with Gasteiger partial charge in [0.15, 0.2) is 6.35 Å². The Balaban J connectivity index is 2.35. The van der Waals surface area contributed by atoms with Gasteiger partial charge in [0.25, 0.3) is 0 Å². The first kappa shape index (κ1) is 8.27. The van der Waals surface area contributed by atoms with Crippen LogP contribution in [0.4, 0.5) is 0 Å². The molecule has 3 atom stereocenters. The van der Waals surface area contributed by atoms with Gasteiger partial charge in [0.2, 0.25) is 0 Å². The Bertz CT molecular complexity index is 102. The molecule has 0 saturated carbocycles. The summed E-state index contributed by atoms with van der Waals surface area (Å²) in [7, 11) is 1.65. The molecule has 1 aliphatic rings. The Kier molecular flexibility index (Phi) is 2.92. The molecule has 1 fully saturated rings. The van der Waals surface area contributed by atoms with E-state index in [0.717, 1.165) is 6.42 Å². The first-order chi connectivity index (χ1) is 4.72. The molecule has 0 aromatic heterocycles. The summed E-state index contributed by atoms with van der Waals surface area (Å²) in [4.78, 5) is 0. The minimum atomic E-state index is -0.0914. The van der Waals surface area contributed by atoms with E-state index in [1.54, 1.807) is 7.11 Å². The van der Waals surface area contributed by atoms with E-state index in [-0.39, 0.29) is 11.9 Å². The largest absolute Gasteiger partial charge is 0.353 e. The van der Waals surface area contributed by atoms with E-state index in [4.69, 9.17) is 16.3 Å². The third-order valence-corrected chi connectivity index (χ3v) is 1.87. The topological polar surface area (TPSA) is 33.3 Å². The van der Waals surface area contributed by atoms with E-state index < -0.39 is 0 Å². The van der Waals surface area contributed by atoms with Crippen LogP contribution in [0, 0.1) is 0 Å². The Hall–Kier alpha value is 0.170. The summed E-state index contributed by atoms with van der Waals surface area (Å²) < 4.78 is 5.03. The fourth-order valence-corrected chi connectivity index (χ4v) is 1.44. The molecule has 1 aliphatic heterocycles. The molecule has 0 spiro atoms. The van der Waals surface area contributed by atoms with Crippen molar-refractivity contribution in [3.8, 4) is 0 Å². The van der Waals surface area contributed by atoms with Gasteiger partial charge in [-0.3, -0.25) is 10.6 Å². The van der Waals surface area contributed by atoms with Crippen molar-refractivity contribution in [2.45, 2.75) is 31.2 Å². The fraction of sp³-hybridized carbons (Fsp3) is 1.00. The monoisotopic (exact) mass is 164 g/mol. The number of methoxy groups -OCH3 is 1. The lowest BCUT2D eigenvalue weighted by molar-refractivity contribution is 0.0158. The van der Waals surface area contributed by atoms with Crippen LogP contribution in [0.15, 0.2) is 0 Å². The van der Waals surface area contributed by atoms with Crippen LogP contribution in [0.5, 0.6) is 0 Å². The molecule has 3 nitrogen and oxygen atoms in total. The van der Waals surface area contributed by atoms with Crippen LogP contribution >= 0.6 is 11.6 Å². The highest BCUT2D eigenvalue weighted by atomic mass is 35.5. The first-order valence-electron chi connectivity index (χ1n) is 3.41. The molecule has 1 heterocycles. The van der Waals surface area contributed by atoms with Crippen LogP contribution in [0.1, 0.15) is 13.3 Å². The molecule has 0 radical (unpaired) electrons. The van der Waals surface area contributed by atoms with E-state index in [1.807, 2.05) is 0 Å². The van der Waals surface area contributed by atoms with Crippen molar-refractivity contribution in [3.05, 3.63) is 0 Å². The van der Waals surface area contributed by atoms with Gasteiger partial charge in [-0.2, -0.15) is 0 Å².